The van der Waals surface area contributed by atoms with Crippen LogP contribution < -0.4 is 5.32 Å². The van der Waals surface area contributed by atoms with Crippen molar-refractivity contribution in [1.29, 1.82) is 0 Å². The highest BCUT2D eigenvalue weighted by Crippen LogP contribution is 2.21. The Morgan fingerprint density at radius 2 is 1.48 bits per heavy atom. The molecule has 0 aliphatic carbocycles. The van der Waals surface area contributed by atoms with Gasteiger partial charge in [-0.3, -0.25) is 19.3 Å². The van der Waals surface area contributed by atoms with E-state index in [2.05, 4.69) is 5.32 Å². The van der Waals surface area contributed by atoms with Gasteiger partial charge < -0.3 is 5.32 Å². The molecule has 1 fully saturated rings. The van der Waals surface area contributed by atoms with Crippen LogP contribution in [-0.4, -0.2) is 46.1 Å². The summed E-state index contributed by atoms with van der Waals surface area (Å²) in [6.07, 6.45) is 0. The van der Waals surface area contributed by atoms with Crippen LogP contribution in [0.25, 0.3) is 11.1 Å². The second-order valence-electron chi connectivity index (χ2n) is 6.43. The highest BCUT2D eigenvalue weighted by molar-refractivity contribution is 6.45. The van der Waals surface area contributed by atoms with Crippen LogP contribution in [0.4, 0.5) is 10.5 Å². The van der Waals surface area contributed by atoms with Crippen LogP contribution in [0.2, 0.25) is 0 Å². The fourth-order valence-corrected chi connectivity index (χ4v) is 2.84. The van der Waals surface area contributed by atoms with E-state index in [0.717, 1.165) is 16.0 Å². The summed E-state index contributed by atoms with van der Waals surface area (Å²) in [4.78, 5) is 49.7. The smallest absolute Gasteiger partial charge is 0.325 e. The second-order valence-corrected chi connectivity index (χ2v) is 6.43. The average Bonchev–Trinajstić information content (AvgIpc) is 2.86. The van der Waals surface area contributed by atoms with E-state index in [1.165, 1.54) is 0 Å². The molecule has 0 aromatic heterocycles. The molecule has 2 aromatic rings. The number of hydrogen-bond donors (Lipinski definition) is 1. The minimum Gasteiger partial charge on any atom is -0.325 e. The van der Waals surface area contributed by atoms with Gasteiger partial charge in [0.15, 0.2) is 0 Å². The summed E-state index contributed by atoms with van der Waals surface area (Å²) >= 11 is 0. The van der Waals surface area contributed by atoms with Gasteiger partial charge >= 0.3 is 17.8 Å². The molecule has 0 unspecified atom stereocenters. The van der Waals surface area contributed by atoms with Crippen LogP contribution in [0.3, 0.4) is 0 Å². The molecule has 1 aliphatic rings. The number of anilines is 1. The van der Waals surface area contributed by atoms with Crippen molar-refractivity contribution in [2.24, 2.45) is 0 Å². The Kier molecular flexibility index (Phi) is 5.03. The Morgan fingerprint density at radius 1 is 0.889 bits per heavy atom. The number of amides is 5. The number of rotatable bonds is 5. The fourth-order valence-electron chi connectivity index (χ4n) is 2.84. The van der Waals surface area contributed by atoms with E-state index in [9.17, 15) is 19.2 Å². The van der Waals surface area contributed by atoms with E-state index in [4.69, 9.17) is 0 Å². The van der Waals surface area contributed by atoms with Crippen LogP contribution in [0, 0.1) is 0 Å². The van der Waals surface area contributed by atoms with E-state index in [0.29, 0.717) is 10.6 Å². The van der Waals surface area contributed by atoms with E-state index < -0.39 is 36.3 Å². The zero-order chi connectivity index (χ0) is 19.6. The number of nitrogens with one attached hydrogen (secondary N) is 1. The maximum Gasteiger partial charge on any atom is 0.334 e. The Hall–Kier alpha value is -3.48. The molecule has 1 N–H and O–H groups in total. The van der Waals surface area contributed by atoms with Gasteiger partial charge in [0.25, 0.3) is 0 Å². The molecule has 5 amide bonds. The molecule has 0 saturated carbocycles. The summed E-state index contributed by atoms with van der Waals surface area (Å²) in [5.41, 5.74) is 2.58. The van der Waals surface area contributed by atoms with Gasteiger partial charge in [-0.25, -0.2) is 9.69 Å². The number of carbonyl (C=O) groups excluding carboxylic acids is 4. The van der Waals surface area contributed by atoms with Gasteiger partial charge in [-0.05, 0) is 37.1 Å². The van der Waals surface area contributed by atoms with Gasteiger partial charge in [0.2, 0.25) is 5.91 Å². The van der Waals surface area contributed by atoms with E-state index in [1.54, 1.807) is 26.0 Å². The molecule has 0 spiro atoms. The molecule has 0 bridgehead atoms. The summed E-state index contributed by atoms with van der Waals surface area (Å²) in [5.74, 6) is -2.44. The molecule has 7 nitrogen and oxygen atoms in total. The van der Waals surface area contributed by atoms with Crippen LogP contribution in [-0.2, 0) is 14.4 Å². The normalized spacial score (nSPS) is 14.3. The molecule has 1 aliphatic heterocycles. The maximum absolute atomic E-state index is 12.2. The molecule has 7 heteroatoms. The van der Waals surface area contributed by atoms with Gasteiger partial charge in [0, 0.05) is 11.7 Å². The summed E-state index contributed by atoms with van der Waals surface area (Å²) in [6, 6.07) is 15.8. The van der Waals surface area contributed by atoms with Crippen molar-refractivity contribution < 1.29 is 19.2 Å². The van der Waals surface area contributed by atoms with Gasteiger partial charge in [-0.15, -0.1) is 0 Å². The first-order chi connectivity index (χ1) is 12.9. The van der Waals surface area contributed by atoms with Gasteiger partial charge in [0.1, 0.15) is 6.54 Å². The second kappa shape index (κ2) is 7.41. The lowest BCUT2D eigenvalue weighted by Crippen LogP contribution is -2.40. The summed E-state index contributed by atoms with van der Waals surface area (Å²) < 4.78 is 0. The van der Waals surface area contributed by atoms with Crippen molar-refractivity contribution in [1.82, 2.24) is 9.80 Å². The third-order valence-corrected chi connectivity index (χ3v) is 4.18. The van der Waals surface area contributed by atoms with E-state index in [-0.39, 0.29) is 0 Å². The molecule has 3 rings (SSSR count). The number of hydrogen-bond acceptors (Lipinski definition) is 4. The fraction of sp³-hybridized carbons (Fsp3) is 0.200. The Balaban J connectivity index is 1.65. The summed E-state index contributed by atoms with van der Waals surface area (Å²) in [5, 5.41) is 2.63. The molecule has 2 aromatic carbocycles. The minimum absolute atomic E-state index is 0.451. The van der Waals surface area contributed by atoms with Gasteiger partial charge in [0.05, 0.1) is 0 Å². The molecular formula is C20H19N3O4. The zero-order valence-electron chi connectivity index (χ0n) is 15.0. The van der Waals surface area contributed by atoms with Crippen molar-refractivity contribution in [3.05, 3.63) is 54.6 Å². The number of urea groups is 1. The summed E-state index contributed by atoms with van der Waals surface area (Å²) in [6.45, 7) is 2.74. The average molecular weight is 365 g/mol. The quantitative estimate of drug-likeness (QED) is 0.651. The monoisotopic (exact) mass is 365 g/mol. The highest BCUT2D eigenvalue weighted by atomic mass is 16.2. The SMILES string of the molecule is CC(C)N1C(=O)C(=O)N(CC(=O)Nc2ccc(-c3ccccc3)cc2)C1=O. The standard InChI is InChI=1S/C20H19N3O4/c1-13(2)23-19(26)18(25)22(20(23)27)12-17(24)21-16-10-8-15(9-11-16)14-6-4-3-5-7-14/h3-11,13H,12H2,1-2H3,(H,21,24). The lowest BCUT2D eigenvalue weighted by molar-refractivity contribution is -0.144. The molecule has 138 valence electrons. The topological polar surface area (TPSA) is 86.8 Å². The van der Waals surface area contributed by atoms with E-state index >= 15 is 0 Å². The third-order valence-electron chi connectivity index (χ3n) is 4.18. The minimum atomic E-state index is -0.983. The van der Waals surface area contributed by atoms with Crippen LogP contribution in [0.1, 0.15) is 13.8 Å². The Bertz CT molecular complexity index is 891. The van der Waals surface area contributed by atoms with Crippen LogP contribution >= 0.6 is 0 Å². The largest absolute Gasteiger partial charge is 0.334 e. The predicted molar refractivity (Wildman–Crippen MR) is 99.6 cm³/mol. The highest BCUT2D eigenvalue weighted by Gasteiger charge is 2.46. The zero-order valence-corrected chi connectivity index (χ0v) is 15.0. The van der Waals surface area contributed by atoms with Gasteiger partial charge in [-0.2, -0.15) is 0 Å². The first kappa shape index (κ1) is 18.3. The Labute approximate surface area is 156 Å². The lowest BCUT2D eigenvalue weighted by Gasteiger charge is -2.18. The third kappa shape index (κ3) is 3.72. The molecule has 1 heterocycles. The van der Waals surface area contributed by atoms with Crippen molar-refractivity contribution >= 4 is 29.4 Å². The number of carbonyl (C=O) groups is 4. The number of benzene rings is 2. The summed E-state index contributed by atoms with van der Waals surface area (Å²) in [7, 11) is 0. The van der Waals surface area contributed by atoms with Crippen LogP contribution in [0.15, 0.2) is 54.6 Å². The maximum atomic E-state index is 12.2. The molecule has 27 heavy (non-hydrogen) atoms. The molecule has 0 atom stereocenters. The van der Waals surface area contributed by atoms with Gasteiger partial charge in [-0.1, -0.05) is 42.5 Å². The lowest BCUT2D eigenvalue weighted by atomic mass is 10.1. The predicted octanol–water partition coefficient (Wildman–Crippen LogP) is 2.49. The van der Waals surface area contributed by atoms with Crippen LogP contribution in [0.5, 0.6) is 0 Å². The van der Waals surface area contributed by atoms with Crippen molar-refractivity contribution in [2.75, 3.05) is 11.9 Å². The molecule has 0 radical (unpaired) electrons. The Morgan fingerprint density at radius 3 is 2.04 bits per heavy atom. The van der Waals surface area contributed by atoms with Crippen molar-refractivity contribution in [3.63, 3.8) is 0 Å². The first-order valence-electron chi connectivity index (χ1n) is 8.53. The number of imide groups is 2. The van der Waals surface area contributed by atoms with Crippen molar-refractivity contribution in [2.45, 2.75) is 19.9 Å². The molecule has 1 saturated heterocycles. The van der Waals surface area contributed by atoms with E-state index in [1.807, 2.05) is 42.5 Å². The molecular weight excluding hydrogens is 346 g/mol. The first-order valence-corrected chi connectivity index (χ1v) is 8.53. The number of nitrogens with zero attached hydrogens (tertiary/aromatic N) is 2. The van der Waals surface area contributed by atoms with Crippen molar-refractivity contribution in [3.8, 4) is 11.1 Å².